The molecule has 0 saturated heterocycles. The Balaban J connectivity index is 1.70. The molecule has 6 rings (SSSR count). The van der Waals surface area contributed by atoms with Crippen LogP contribution in [0.15, 0.2) is 146 Å². The quantitative estimate of drug-likeness (QED) is 0.203. The number of allylic oxidation sites excluding steroid dienone is 1. The van der Waals surface area contributed by atoms with Crippen LogP contribution in [0.1, 0.15) is 46.1 Å². The third-order valence-corrected chi connectivity index (χ3v) is 7.48. The second-order valence-electron chi connectivity index (χ2n) is 9.95. The standard InChI is InChI=1S/C36H30N4/c1-27-23-25-30(26-24-27)34(29-15-7-3-8-16-29)28(2)35-37-38-39-40(35)36(31-17-9-4-10-18-31,32-19-11-5-12-20-32)33-21-13-6-14-22-33/h3-26H,1-2H3. The summed E-state index contributed by atoms with van der Waals surface area (Å²) in [6.07, 6.45) is 0. The van der Waals surface area contributed by atoms with Crippen LogP contribution in [0.3, 0.4) is 0 Å². The van der Waals surface area contributed by atoms with E-state index in [1.54, 1.807) is 0 Å². The van der Waals surface area contributed by atoms with E-state index in [4.69, 9.17) is 10.3 Å². The Bertz CT molecular complexity index is 1620. The highest BCUT2D eigenvalue weighted by Gasteiger charge is 2.42. The molecule has 1 heterocycles. The average Bonchev–Trinajstić information content (AvgIpc) is 3.51. The minimum Gasteiger partial charge on any atom is -0.206 e. The second kappa shape index (κ2) is 11.0. The highest BCUT2D eigenvalue weighted by molar-refractivity contribution is 5.96. The fraction of sp³-hybridized carbons (Fsp3) is 0.0833. The minimum atomic E-state index is -0.807. The van der Waals surface area contributed by atoms with Crippen LogP contribution in [0.4, 0.5) is 0 Å². The lowest BCUT2D eigenvalue weighted by molar-refractivity contribution is 0.442. The van der Waals surface area contributed by atoms with Crippen molar-refractivity contribution in [2.24, 2.45) is 0 Å². The fourth-order valence-electron chi connectivity index (χ4n) is 5.59. The second-order valence-corrected chi connectivity index (χ2v) is 9.95. The van der Waals surface area contributed by atoms with Crippen LogP contribution < -0.4 is 0 Å². The number of rotatable bonds is 7. The molecule has 6 aromatic rings. The molecule has 0 N–H and O–H groups in total. The van der Waals surface area contributed by atoms with Crippen molar-refractivity contribution in [3.05, 3.63) is 185 Å². The minimum absolute atomic E-state index is 0.705. The lowest BCUT2D eigenvalue weighted by Gasteiger charge is -2.36. The Labute approximate surface area is 235 Å². The van der Waals surface area contributed by atoms with Gasteiger partial charge in [0.15, 0.2) is 5.82 Å². The van der Waals surface area contributed by atoms with Gasteiger partial charge in [-0.05, 0) is 57.7 Å². The van der Waals surface area contributed by atoms with Crippen LogP contribution in [0.25, 0.3) is 11.1 Å². The Kier molecular flexibility index (Phi) is 6.90. The Morgan fingerprint density at radius 3 is 1.45 bits per heavy atom. The molecule has 4 nitrogen and oxygen atoms in total. The number of aryl methyl sites for hydroxylation is 1. The molecule has 0 spiro atoms. The largest absolute Gasteiger partial charge is 0.206 e. The Morgan fingerprint density at radius 2 is 0.975 bits per heavy atom. The molecule has 0 amide bonds. The molecule has 1 aromatic heterocycles. The molecular weight excluding hydrogens is 488 g/mol. The summed E-state index contributed by atoms with van der Waals surface area (Å²) in [4.78, 5) is 0. The van der Waals surface area contributed by atoms with E-state index in [1.807, 2.05) is 28.9 Å². The maximum atomic E-state index is 4.74. The van der Waals surface area contributed by atoms with Gasteiger partial charge < -0.3 is 0 Å². The van der Waals surface area contributed by atoms with E-state index >= 15 is 0 Å². The summed E-state index contributed by atoms with van der Waals surface area (Å²) in [5.74, 6) is 0.705. The van der Waals surface area contributed by atoms with Gasteiger partial charge in [-0.15, -0.1) is 5.10 Å². The maximum absolute atomic E-state index is 4.74. The number of hydrogen-bond donors (Lipinski definition) is 0. The van der Waals surface area contributed by atoms with Crippen molar-refractivity contribution < 1.29 is 0 Å². The van der Waals surface area contributed by atoms with Crippen LogP contribution in [0, 0.1) is 6.92 Å². The molecule has 0 bridgehead atoms. The summed E-state index contributed by atoms with van der Waals surface area (Å²) < 4.78 is 2.00. The fourth-order valence-corrected chi connectivity index (χ4v) is 5.59. The molecule has 0 atom stereocenters. The third-order valence-electron chi connectivity index (χ3n) is 7.48. The maximum Gasteiger partial charge on any atom is 0.179 e. The van der Waals surface area contributed by atoms with Crippen LogP contribution in [-0.4, -0.2) is 20.2 Å². The molecule has 0 aliphatic rings. The summed E-state index contributed by atoms with van der Waals surface area (Å²) in [6, 6.07) is 50.6. The highest BCUT2D eigenvalue weighted by Crippen LogP contribution is 2.42. The van der Waals surface area contributed by atoms with Crippen LogP contribution in [-0.2, 0) is 5.54 Å². The first-order valence-corrected chi connectivity index (χ1v) is 13.5. The SMILES string of the molecule is CC(=C(c1ccccc1)c1ccc(C)cc1)c1nnnn1C(c1ccccc1)(c1ccccc1)c1ccccc1. The van der Waals surface area contributed by atoms with Gasteiger partial charge in [0.05, 0.1) is 0 Å². The number of aromatic nitrogens is 4. The average molecular weight is 519 g/mol. The summed E-state index contributed by atoms with van der Waals surface area (Å²) in [5, 5.41) is 13.7. The van der Waals surface area contributed by atoms with Crippen molar-refractivity contribution in [3.63, 3.8) is 0 Å². The lowest BCUT2D eigenvalue weighted by atomic mass is 9.76. The molecule has 194 valence electrons. The summed E-state index contributed by atoms with van der Waals surface area (Å²) in [7, 11) is 0. The van der Waals surface area contributed by atoms with E-state index in [0.717, 1.165) is 39.0 Å². The van der Waals surface area contributed by atoms with Crippen molar-refractivity contribution >= 4 is 11.1 Å². The zero-order valence-electron chi connectivity index (χ0n) is 22.6. The van der Waals surface area contributed by atoms with Gasteiger partial charge in [-0.25, -0.2) is 4.68 Å². The monoisotopic (exact) mass is 518 g/mol. The van der Waals surface area contributed by atoms with Crippen molar-refractivity contribution in [1.29, 1.82) is 0 Å². The van der Waals surface area contributed by atoms with E-state index in [-0.39, 0.29) is 0 Å². The molecule has 5 aromatic carbocycles. The van der Waals surface area contributed by atoms with Gasteiger partial charge in [0, 0.05) is 5.57 Å². The van der Waals surface area contributed by atoms with Crippen molar-refractivity contribution in [3.8, 4) is 0 Å². The molecule has 0 aliphatic heterocycles. The molecular formula is C36H30N4. The zero-order valence-corrected chi connectivity index (χ0v) is 22.6. The van der Waals surface area contributed by atoms with Crippen LogP contribution >= 0.6 is 0 Å². The molecule has 4 heteroatoms. The van der Waals surface area contributed by atoms with E-state index < -0.39 is 5.54 Å². The van der Waals surface area contributed by atoms with Gasteiger partial charge in [-0.2, -0.15) is 0 Å². The van der Waals surface area contributed by atoms with Crippen LogP contribution in [0.2, 0.25) is 0 Å². The van der Waals surface area contributed by atoms with Crippen molar-refractivity contribution in [2.45, 2.75) is 19.4 Å². The topological polar surface area (TPSA) is 43.6 Å². The third kappa shape index (κ3) is 4.44. The van der Waals surface area contributed by atoms with Gasteiger partial charge in [-0.1, -0.05) is 151 Å². The van der Waals surface area contributed by atoms with Gasteiger partial charge >= 0.3 is 0 Å². The predicted molar refractivity (Wildman–Crippen MR) is 162 cm³/mol. The summed E-state index contributed by atoms with van der Waals surface area (Å²) in [6.45, 7) is 4.23. The number of tetrazole rings is 1. The number of nitrogens with zero attached hydrogens (tertiary/aromatic N) is 4. The lowest BCUT2D eigenvalue weighted by Crippen LogP contribution is -2.39. The molecule has 0 unspecified atom stereocenters. The van der Waals surface area contributed by atoms with Gasteiger partial charge in [0.25, 0.3) is 0 Å². The number of benzene rings is 5. The predicted octanol–water partition coefficient (Wildman–Crippen LogP) is 7.80. The normalized spacial score (nSPS) is 12.2. The van der Waals surface area contributed by atoms with Crippen molar-refractivity contribution in [2.75, 3.05) is 0 Å². The van der Waals surface area contributed by atoms with E-state index in [0.29, 0.717) is 5.82 Å². The van der Waals surface area contributed by atoms with Gasteiger partial charge in [-0.3, -0.25) is 0 Å². The molecule has 0 saturated carbocycles. The Hall–Kier alpha value is -5.09. The van der Waals surface area contributed by atoms with E-state index in [1.165, 1.54) is 5.56 Å². The van der Waals surface area contributed by atoms with Gasteiger partial charge in [0.2, 0.25) is 0 Å². The smallest absolute Gasteiger partial charge is 0.179 e. The zero-order chi connectivity index (χ0) is 27.4. The highest BCUT2D eigenvalue weighted by atomic mass is 15.6. The first-order valence-electron chi connectivity index (χ1n) is 13.5. The first-order chi connectivity index (χ1) is 19.7. The molecule has 40 heavy (non-hydrogen) atoms. The molecule has 0 fully saturated rings. The van der Waals surface area contributed by atoms with Crippen molar-refractivity contribution in [1.82, 2.24) is 20.2 Å². The molecule has 0 aliphatic carbocycles. The summed E-state index contributed by atoms with van der Waals surface area (Å²) in [5.41, 5.74) is 7.96. The van der Waals surface area contributed by atoms with Crippen LogP contribution in [0.5, 0.6) is 0 Å². The summed E-state index contributed by atoms with van der Waals surface area (Å²) >= 11 is 0. The Morgan fingerprint density at radius 1 is 0.550 bits per heavy atom. The van der Waals surface area contributed by atoms with Gasteiger partial charge in [0.1, 0.15) is 5.54 Å². The van der Waals surface area contributed by atoms with E-state index in [9.17, 15) is 0 Å². The first kappa shape index (κ1) is 25.2. The van der Waals surface area contributed by atoms with E-state index in [2.05, 4.69) is 140 Å². The number of hydrogen-bond acceptors (Lipinski definition) is 3. The molecule has 0 radical (unpaired) electrons.